The zero-order valence-corrected chi connectivity index (χ0v) is 16.1. The van der Waals surface area contributed by atoms with Crippen LogP contribution in [0.5, 0.6) is 5.75 Å². The number of aromatic amines is 1. The Bertz CT molecular complexity index is 730. The number of amides is 1. The number of fused-ring (bicyclic) bond motifs is 1. The van der Waals surface area contributed by atoms with Crippen LogP contribution in [0.2, 0.25) is 0 Å². The minimum atomic E-state index is -0.154. The van der Waals surface area contributed by atoms with Gasteiger partial charge in [0, 0.05) is 42.9 Å². The van der Waals surface area contributed by atoms with Crippen LogP contribution < -0.4 is 15.4 Å². The summed E-state index contributed by atoms with van der Waals surface area (Å²) in [6, 6.07) is 7.83. The van der Waals surface area contributed by atoms with Gasteiger partial charge in [-0.2, -0.15) is 5.10 Å². The van der Waals surface area contributed by atoms with Crippen LogP contribution in [-0.4, -0.2) is 29.3 Å². The number of carbonyl (C=O) groups is 1. The molecule has 0 fully saturated rings. The molecule has 26 heavy (non-hydrogen) atoms. The SMILES string of the molecule is CC(C)CCOc1ccccc1CNC(=O)c1n[nH]c2c1CNCC2.Cl. The number of aromatic nitrogens is 2. The molecule has 1 aromatic carbocycles. The molecule has 7 heteroatoms. The van der Waals surface area contributed by atoms with E-state index in [0.717, 1.165) is 42.0 Å². The first-order chi connectivity index (χ1) is 12.1. The van der Waals surface area contributed by atoms with Crippen LogP contribution >= 0.6 is 12.4 Å². The fourth-order valence-corrected chi connectivity index (χ4v) is 2.87. The van der Waals surface area contributed by atoms with Crippen molar-refractivity contribution in [3.05, 3.63) is 46.8 Å². The van der Waals surface area contributed by atoms with Gasteiger partial charge in [0.1, 0.15) is 5.75 Å². The molecule has 0 saturated carbocycles. The molecule has 1 amide bonds. The molecule has 0 aliphatic carbocycles. The van der Waals surface area contributed by atoms with Gasteiger partial charge in [0.25, 0.3) is 5.91 Å². The third-order valence-corrected chi connectivity index (χ3v) is 4.39. The van der Waals surface area contributed by atoms with Gasteiger partial charge in [-0.1, -0.05) is 32.0 Å². The molecule has 2 heterocycles. The summed E-state index contributed by atoms with van der Waals surface area (Å²) in [6.45, 7) is 7.05. The van der Waals surface area contributed by atoms with Gasteiger partial charge in [-0.15, -0.1) is 12.4 Å². The number of ether oxygens (including phenoxy) is 1. The average molecular weight is 379 g/mol. The zero-order chi connectivity index (χ0) is 17.6. The van der Waals surface area contributed by atoms with Crippen molar-refractivity contribution in [3.8, 4) is 5.75 Å². The summed E-state index contributed by atoms with van der Waals surface area (Å²) < 4.78 is 5.88. The molecule has 0 bridgehead atoms. The largest absolute Gasteiger partial charge is 0.493 e. The summed E-state index contributed by atoms with van der Waals surface area (Å²) in [7, 11) is 0. The molecule has 2 aromatic rings. The van der Waals surface area contributed by atoms with E-state index in [0.29, 0.717) is 31.3 Å². The van der Waals surface area contributed by atoms with Crippen LogP contribution in [0.15, 0.2) is 24.3 Å². The highest BCUT2D eigenvalue weighted by Gasteiger charge is 2.21. The Morgan fingerprint density at radius 1 is 1.35 bits per heavy atom. The standard InChI is InChI=1S/C19H26N4O2.ClH/c1-13(2)8-10-25-17-6-4-3-5-14(17)11-21-19(24)18-15-12-20-9-7-16(15)22-23-18;/h3-6,13,20H,7-12H2,1-2H3,(H,21,24)(H,22,23);1H. The topological polar surface area (TPSA) is 79.0 Å². The van der Waals surface area contributed by atoms with E-state index in [2.05, 4.69) is 34.7 Å². The second-order valence-corrected chi connectivity index (χ2v) is 6.78. The predicted octanol–water partition coefficient (Wildman–Crippen LogP) is 2.83. The Labute approximate surface area is 160 Å². The van der Waals surface area contributed by atoms with Crippen LogP contribution in [0.1, 0.15) is 47.6 Å². The molecule has 3 N–H and O–H groups in total. The first kappa shape index (κ1) is 20.3. The molecule has 1 aromatic heterocycles. The van der Waals surface area contributed by atoms with Crippen molar-refractivity contribution in [2.24, 2.45) is 5.92 Å². The van der Waals surface area contributed by atoms with Crippen molar-refractivity contribution in [2.75, 3.05) is 13.2 Å². The second-order valence-electron chi connectivity index (χ2n) is 6.78. The number of benzene rings is 1. The van der Waals surface area contributed by atoms with Gasteiger partial charge in [-0.3, -0.25) is 9.89 Å². The van der Waals surface area contributed by atoms with E-state index < -0.39 is 0 Å². The van der Waals surface area contributed by atoms with Crippen molar-refractivity contribution < 1.29 is 9.53 Å². The summed E-state index contributed by atoms with van der Waals surface area (Å²) in [5.41, 5.74) is 3.49. The van der Waals surface area contributed by atoms with Crippen LogP contribution in [0, 0.1) is 5.92 Å². The summed E-state index contributed by atoms with van der Waals surface area (Å²) in [6.07, 6.45) is 1.88. The van der Waals surface area contributed by atoms with E-state index in [9.17, 15) is 4.79 Å². The Balaban J connectivity index is 0.00000243. The molecule has 0 unspecified atom stereocenters. The quantitative estimate of drug-likeness (QED) is 0.692. The average Bonchev–Trinajstić information content (AvgIpc) is 3.04. The number of H-pyrrole nitrogens is 1. The van der Waals surface area contributed by atoms with E-state index in [1.807, 2.05) is 24.3 Å². The van der Waals surface area contributed by atoms with Gasteiger partial charge in [0.2, 0.25) is 0 Å². The lowest BCUT2D eigenvalue weighted by Crippen LogP contribution is -2.28. The Morgan fingerprint density at radius 2 is 2.15 bits per heavy atom. The maximum atomic E-state index is 12.5. The van der Waals surface area contributed by atoms with E-state index in [-0.39, 0.29) is 18.3 Å². The lowest BCUT2D eigenvalue weighted by atomic mass is 10.1. The minimum Gasteiger partial charge on any atom is -0.493 e. The first-order valence-corrected chi connectivity index (χ1v) is 8.91. The van der Waals surface area contributed by atoms with Gasteiger partial charge < -0.3 is 15.4 Å². The minimum absolute atomic E-state index is 0. The summed E-state index contributed by atoms with van der Waals surface area (Å²) in [5.74, 6) is 1.28. The van der Waals surface area contributed by atoms with Gasteiger partial charge in [-0.25, -0.2) is 0 Å². The highest BCUT2D eigenvalue weighted by atomic mass is 35.5. The van der Waals surface area contributed by atoms with Crippen molar-refractivity contribution in [1.82, 2.24) is 20.8 Å². The molecule has 6 nitrogen and oxygen atoms in total. The number of rotatable bonds is 7. The van der Waals surface area contributed by atoms with Crippen molar-refractivity contribution in [2.45, 2.75) is 39.8 Å². The Kier molecular flexibility index (Phi) is 7.48. The molecular formula is C19H27ClN4O2. The smallest absolute Gasteiger partial charge is 0.272 e. The molecule has 3 rings (SSSR count). The van der Waals surface area contributed by atoms with Crippen LogP contribution in [-0.2, 0) is 19.5 Å². The number of nitrogens with one attached hydrogen (secondary N) is 3. The highest BCUT2D eigenvalue weighted by Crippen LogP contribution is 2.19. The number of carbonyl (C=O) groups excluding carboxylic acids is 1. The van der Waals surface area contributed by atoms with E-state index >= 15 is 0 Å². The van der Waals surface area contributed by atoms with Crippen LogP contribution in [0.25, 0.3) is 0 Å². The van der Waals surface area contributed by atoms with Gasteiger partial charge in [0.15, 0.2) is 5.69 Å². The normalized spacial score (nSPS) is 13.0. The number of nitrogens with zero attached hydrogens (tertiary/aromatic N) is 1. The van der Waals surface area contributed by atoms with Crippen molar-refractivity contribution in [1.29, 1.82) is 0 Å². The number of halogens is 1. The maximum absolute atomic E-state index is 12.5. The first-order valence-electron chi connectivity index (χ1n) is 8.91. The number of hydrogen-bond donors (Lipinski definition) is 3. The van der Waals surface area contributed by atoms with Gasteiger partial charge >= 0.3 is 0 Å². The number of hydrogen-bond acceptors (Lipinski definition) is 4. The lowest BCUT2D eigenvalue weighted by molar-refractivity contribution is 0.0944. The zero-order valence-electron chi connectivity index (χ0n) is 15.3. The van der Waals surface area contributed by atoms with Crippen molar-refractivity contribution >= 4 is 18.3 Å². The fourth-order valence-electron chi connectivity index (χ4n) is 2.87. The van der Waals surface area contributed by atoms with Gasteiger partial charge in [-0.05, 0) is 18.4 Å². The monoisotopic (exact) mass is 378 g/mol. The molecule has 1 aliphatic heterocycles. The molecular weight excluding hydrogens is 352 g/mol. The van der Waals surface area contributed by atoms with Crippen LogP contribution in [0.4, 0.5) is 0 Å². The Hall–Kier alpha value is -2.05. The molecule has 142 valence electrons. The Morgan fingerprint density at radius 3 is 2.96 bits per heavy atom. The third-order valence-electron chi connectivity index (χ3n) is 4.39. The molecule has 0 radical (unpaired) electrons. The molecule has 0 spiro atoms. The van der Waals surface area contributed by atoms with Crippen molar-refractivity contribution in [3.63, 3.8) is 0 Å². The predicted molar refractivity (Wildman–Crippen MR) is 104 cm³/mol. The highest BCUT2D eigenvalue weighted by molar-refractivity contribution is 5.94. The molecule has 1 aliphatic rings. The third kappa shape index (κ3) is 4.99. The second kappa shape index (κ2) is 9.59. The lowest BCUT2D eigenvalue weighted by Gasteiger charge is -2.14. The fraction of sp³-hybridized carbons (Fsp3) is 0.474. The summed E-state index contributed by atoms with van der Waals surface area (Å²) in [4.78, 5) is 12.5. The molecule has 0 atom stereocenters. The maximum Gasteiger partial charge on any atom is 0.272 e. The molecule has 0 saturated heterocycles. The van der Waals surface area contributed by atoms with Gasteiger partial charge in [0.05, 0.1) is 6.61 Å². The van der Waals surface area contributed by atoms with E-state index in [4.69, 9.17) is 4.74 Å². The van der Waals surface area contributed by atoms with E-state index in [1.165, 1.54) is 0 Å². The number of para-hydroxylation sites is 1. The summed E-state index contributed by atoms with van der Waals surface area (Å²) in [5, 5.41) is 13.4. The van der Waals surface area contributed by atoms with Crippen LogP contribution in [0.3, 0.4) is 0 Å². The van der Waals surface area contributed by atoms with E-state index in [1.54, 1.807) is 0 Å². The summed E-state index contributed by atoms with van der Waals surface area (Å²) >= 11 is 0.